The van der Waals surface area contributed by atoms with Crippen molar-refractivity contribution in [2.24, 2.45) is 0 Å². The van der Waals surface area contributed by atoms with Gasteiger partial charge in [-0.1, -0.05) is 36.6 Å². The van der Waals surface area contributed by atoms with E-state index in [4.69, 9.17) is 16.7 Å². The lowest BCUT2D eigenvalue weighted by atomic mass is 10.1. The van der Waals surface area contributed by atoms with Gasteiger partial charge in [0.2, 0.25) is 0 Å². The highest BCUT2D eigenvalue weighted by Crippen LogP contribution is 2.17. The summed E-state index contributed by atoms with van der Waals surface area (Å²) in [4.78, 5) is 0. The highest BCUT2D eigenvalue weighted by atomic mass is 35.5. The Morgan fingerprint density at radius 1 is 1.18 bits per heavy atom. The molecule has 2 N–H and O–H groups in total. The van der Waals surface area contributed by atoms with Crippen LogP contribution in [0.1, 0.15) is 36.8 Å². The predicted molar refractivity (Wildman–Crippen MR) is 73.4 cm³/mol. The minimum atomic E-state index is 0.312. The van der Waals surface area contributed by atoms with Gasteiger partial charge in [0, 0.05) is 18.2 Å². The number of aryl methyl sites for hydroxylation is 1. The third kappa shape index (κ3) is 6.06. The average molecular weight is 256 g/mol. The SMILES string of the molecule is Cc1ccc(CNCCCCCCO)c(Cl)c1. The van der Waals surface area contributed by atoms with Crippen LogP contribution in [-0.2, 0) is 6.54 Å². The molecule has 0 aliphatic heterocycles. The van der Waals surface area contributed by atoms with Crippen molar-refractivity contribution in [1.82, 2.24) is 5.32 Å². The number of benzene rings is 1. The molecule has 0 radical (unpaired) electrons. The molecule has 0 spiro atoms. The van der Waals surface area contributed by atoms with Crippen molar-refractivity contribution in [3.05, 3.63) is 34.3 Å². The summed E-state index contributed by atoms with van der Waals surface area (Å²) in [6.45, 7) is 4.20. The Hall–Kier alpha value is -0.570. The quantitative estimate of drug-likeness (QED) is 0.699. The molecule has 0 aliphatic carbocycles. The molecular formula is C14H22ClNO. The topological polar surface area (TPSA) is 32.3 Å². The van der Waals surface area contributed by atoms with Gasteiger partial charge in [-0.15, -0.1) is 0 Å². The molecule has 17 heavy (non-hydrogen) atoms. The van der Waals surface area contributed by atoms with Crippen LogP contribution in [0.15, 0.2) is 18.2 Å². The Morgan fingerprint density at radius 2 is 1.94 bits per heavy atom. The maximum atomic E-state index is 8.64. The molecule has 1 aromatic carbocycles. The van der Waals surface area contributed by atoms with Crippen molar-refractivity contribution in [3.63, 3.8) is 0 Å². The van der Waals surface area contributed by atoms with Gasteiger partial charge in [0.05, 0.1) is 0 Å². The van der Waals surface area contributed by atoms with Crippen molar-refractivity contribution in [2.45, 2.75) is 39.2 Å². The molecule has 0 amide bonds. The van der Waals surface area contributed by atoms with E-state index in [1.165, 1.54) is 12.0 Å². The summed E-state index contributed by atoms with van der Waals surface area (Å²) in [6.07, 6.45) is 4.37. The third-order valence-electron chi connectivity index (χ3n) is 2.79. The van der Waals surface area contributed by atoms with Gasteiger partial charge < -0.3 is 10.4 Å². The van der Waals surface area contributed by atoms with Crippen LogP contribution >= 0.6 is 11.6 Å². The van der Waals surface area contributed by atoms with Crippen LogP contribution in [0.25, 0.3) is 0 Å². The van der Waals surface area contributed by atoms with E-state index in [0.29, 0.717) is 6.61 Å². The van der Waals surface area contributed by atoms with Gasteiger partial charge in [0.15, 0.2) is 0 Å². The molecule has 0 aliphatic rings. The van der Waals surface area contributed by atoms with E-state index in [1.807, 2.05) is 13.0 Å². The van der Waals surface area contributed by atoms with Crippen molar-refractivity contribution in [1.29, 1.82) is 0 Å². The molecule has 0 heterocycles. The first-order valence-electron chi connectivity index (χ1n) is 6.30. The van der Waals surface area contributed by atoms with Gasteiger partial charge in [-0.05, 0) is 43.5 Å². The van der Waals surface area contributed by atoms with Gasteiger partial charge in [0.1, 0.15) is 0 Å². The van der Waals surface area contributed by atoms with Crippen molar-refractivity contribution >= 4 is 11.6 Å². The fourth-order valence-corrected chi connectivity index (χ4v) is 2.04. The number of unbranched alkanes of at least 4 members (excludes halogenated alkanes) is 3. The second-order valence-corrected chi connectivity index (χ2v) is 4.82. The first-order valence-corrected chi connectivity index (χ1v) is 6.68. The number of hydrogen-bond donors (Lipinski definition) is 2. The standard InChI is InChI=1S/C14H22ClNO/c1-12-6-7-13(14(15)10-12)11-16-8-4-2-3-5-9-17/h6-7,10,16-17H,2-5,8-9,11H2,1H3. The molecule has 96 valence electrons. The first-order chi connectivity index (χ1) is 8.24. The number of hydrogen-bond acceptors (Lipinski definition) is 2. The Morgan fingerprint density at radius 3 is 2.65 bits per heavy atom. The summed E-state index contributed by atoms with van der Waals surface area (Å²) in [7, 11) is 0. The lowest BCUT2D eigenvalue weighted by molar-refractivity contribution is 0.282. The Balaban J connectivity index is 2.14. The summed E-state index contributed by atoms with van der Waals surface area (Å²) in [6, 6.07) is 6.17. The molecular weight excluding hydrogens is 234 g/mol. The van der Waals surface area contributed by atoms with Gasteiger partial charge in [-0.2, -0.15) is 0 Å². The Labute approximate surface area is 109 Å². The van der Waals surface area contributed by atoms with Crippen LogP contribution in [0.4, 0.5) is 0 Å². The van der Waals surface area contributed by atoms with Crippen LogP contribution < -0.4 is 5.32 Å². The number of halogens is 1. The summed E-state index contributed by atoms with van der Waals surface area (Å²) < 4.78 is 0. The van der Waals surface area contributed by atoms with Crippen LogP contribution in [0.5, 0.6) is 0 Å². The second-order valence-electron chi connectivity index (χ2n) is 4.41. The normalized spacial score (nSPS) is 10.8. The van der Waals surface area contributed by atoms with E-state index in [-0.39, 0.29) is 0 Å². The van der Waals surface area contributed by atoms with E-state index in [2.05, 4.69) is 17.4 Å². The van der Waals surface area contributed by atoms with Gasteiger partial charge in [-0.25, -0.2) is 0 Å². The molecule has 1 rings (SSSR count). The molecule has 0 saturated carbocycles. The molecule has 3 heteroatoms. The van der Waals surface area contributed by atoms with Gasteiger partial charge in [0.25, 0.3) is 0 Å². The first kappa shape index (κ1) is 14.5. The van der Waals surface area contributed by atoms with E-state index in [9.17, 15) is 0 Å². The summed E-state index contributed by atoms with van der Waals surface area (Å²) in [5.74, 6) is 0. The Bertz CT molecular complexity index is 328. The smallest absolute Gasteiger partial charge is 0.0453 e. The third-order valence-corrected chi connectivity index (χ3v) is 3.14. The molecule has 0 bridgehead atoms. The lowest BCUT2D eigenvalue weighted by Gasteiger charge is -2.07. The van der Waals surface area contributed by atoms with Gasteiger partial charge in [-0.3, -0.25) is 0 Å². The van der Waals surface area contributed by atoms with Crippen LogP contribution in [0.2, 0.25) is 5.02 Å². The van der Waals surface area contributed by atoms with Crippen LogP contribution in [-0.4, -0.2) is 18.3 Å². The van der Waals surface area contributed by atoms with E-state index < -0.39 is 0 Å². The molecule has 2 nitrogen and oxygen atoms in total. The molecule has 0 saturated heterocycles. The van der Waals surface area contributed by atoms with Crippen LogP contribution in [0.3, 0.4) is 0 Å². The highest BCUT2D eigenvalue weighted by Gasteiger charge is 1.99. The zero-order chi connectivity index (χ0) is 12.5. The van der Waals surface area contributed by atoms with Crippen molar-refractivity contribution in [3.8, 4) is 0 Å². The molecule has 0 atom stereocenters. The minimum Gasteiger partial charge on any atom is -0.396 e. The Kier molecular flexibility index (Phi) is 7.25. The average Bonchev–Trinajstić information content (AvgIpc) is 2.30. The van der Waals surface area contributed by atoms with E-state index in [1.54, 1.807) is 0 Å². The minimum absolute atomic E-state index is 0.312. The number of nitrogens with one attached hydrogen (secondary N) is 1. The lowest BCUT2D eigenvalue weighted by Crippen LogP contribution is -2.14. The zero-order valence-electron chi connectivity index (χ0n) is 10.5. The van der Waals surface area contributed by atoms with Crippen LogP contribution in [0, 0.1) is 6.92 Å². The molecule has 0 aromatic heterocycles. The molecule has 1 aromatic rings. The predicted octanol–water partition coefficient (Wildman–Crippen LogP) is 3.29. The van der Waals surface area contributed by atoms with Crippen molar-refractivity contribution in [2.75, 3.05) is 13.2 Å². The largest absolute Gasteiger partial charge is 0.396 e. The summed E-state index contributed by atoms with van der Waals surface area (Å²) in [5.41, 5.74) is 2.36. The number of aliphatic hydroxyl groups is 1. The summed E-state index contributed by atoms with van der Waals surface area (Å²) in [5, 5.41) is 12.9. The highest BCUT2D eigenvalue weighted by molar-refractivity contribution is 6.31. The maximum Gasteiger partial charge on any atom is 0.0453 e. The zero-order valence-corrected chi connectivity index (χ0v) is 11.3. The fraction of sp³-hybridized carbons (Fsp3) is 0.571. The maximum absolute atomic E-state index is 8.64. The summed E-state index contributed by atoms with van der Waals surface area (Å²) >= 11 is 6.14. The van der Waals surface area contributed by atoms with E-state index in [0.717, 1.165) is 42.9 Å². The number of aliphatic hydroxyl groups excluding tert-OH is 1. The monoisotopic (exact) mass is 255 g/mol. The van der Waals surface area contributed by atoms with E-state index >= 15 is 0 Å². The second kappa shape index (κ2) is 8.51. The molecule has 0 fully saturated rings. The van der Waals surface area contributed by atoms with Gasteiger partial charge >= 0.3 is 0 Å². The molecule has 0 unspecified atom stereocenters. The van der Waals surface area contributed by atoms with Crippen molar-refractivity contribution < 1.29 is 5.11 Å². The number of rotatable bonds is 8. The fourth-order valence-electron chi connectivity index (χ4n) is 1.73.